The molecular formula is C36H48Cl2SiZr. The van der Waals surface area contributed by atoms with E-state index in [0.29, 0.717) is 11.8 Å². The van der Waals surface area contributed by atoms with Crippen molar-refractivity contribution in [3.63, 3.8) is 0 Å². The van der Waals surface area contributed by atoms with Crippen LogP contribution in [0.2, 0.25) is 13.1 Å². The molecule has 2 unspecified atom stereocenters. The van der Waals surface area contributed by atoms with Gasteiger partial charge in [0.15, 0.2) is 0 Å². The first kappa shape index (κ1) is 29.7. The van der Waals surface area contributed by atoms with Crippen LogP contribution < -0.4 is 0 Å². The maximum absolute atomic E-state index is 8.55. The summed E-state index contributed by atoms with van der Waals surface area (Å²) in [4.78, 5) is 0. The van der Waals surface area contributed by atoms with E-state index in [-0.39, 0.29) is 7.25 Å². The first-order valence-corrected chi connectivity index (χ1v) is 31.4. The molecule has 4 aliphatic rings. The molecule has 0 bridgehead atoms. The van der Waals surface area contributed by atoms with Crippen molar-refractivity contribution in [1.82, 2.24) is 0 Å². The molecule has 0 aromatic heterocycles. The van der Waals surface area contributed by atoms with Crippen LogP contribution in [0.25, 0.3) is 12.2 Å². The van der Waals surface area contributed by atoms with Crippen LogP contribution in [0.3, 0.4) is 0 Å². The van der Waals surface area contributed by atoms with Crippen molar-refractivity contribution in [3.8, 4) is 0 Å². The summed E-state index contributed by atoms with van der Waals surface area (Å²) in [5.41, 5.74) is 13.8. The minimum atomic E-state index is -4.66. The Bertz CT molecular complexity index is 1390. The van der Waals surface area contributed by atoms with E-state index in [1.165, 1.54) is 109 Å². The molecule has 0 heterocycles. The SMILES string of the molecule is CC1=Cc2c(C3CCCCC3)ccc(C)c2[CH]1[Zr]([Cl])([Cl])([CH]1C(C)=Cc2c(C3CCCCC3)ccc(C)c21)=[Si](C)C. The van der Waals surface area contributed by atoms with E-state index < -0.39 is 20.4 Å². The van der Waals surface area contributed by atoms with Crippen LogP contribution in [-0.2, 0) is 15.0 Å². The van der Waals surface area contributed by atoms with Gasteiger partial charge in [0.25, 0.3) is 0 Å². The van der Waals surface area contributed by atoms with Crippen LogP contribution >= 0.6 is 17.0 Å². The van der Waals surface area contributed by atoms with Gasteiger partial charge in [0.05, 0.1) is 0 Å². The summed E-state index contributed by atoms with van der Waals surface area (Å²) in [6.07, 6.45) is 18.6. The molecule has 2 aromatic rings. The van der Waals surface area contributed by atoms with Crippen LogP contribution in [0.15, 0.2) is 35.4 Å². The zero-order valence-corrected chi connectivity index (χ0v) is 30.6. The van der Waals surface area contributed by atoms with Gasteiger partial charge in [0, 0.05) is 0 Å². The predicted molar refractivity (Wildman–Crippen MR) is 176 cm³/mol. The van der Waals surface area contributed by atoms with Crippen LogP contribution in [0.5, 0.6) is 0 Å². The van der Waals surface area contributed by atoms with Crippen LogP contribution in [0.4, 0.5) is 0 Å². The summed E-state index contributed by atoms with van der Waals surface area (Å²) in [5.74, 6) is 1.36. The Kier molecular flexibility index (Phi) is 8.12. The van der Waals surface area contributed by atoms with Crippen molar-refractivity contribution < 1.29 is 15.0 Å². The fourth-order valence-corrected chi connectivity index (χ4v) is 39.9. The molecule has 214 valence electrons. The third-order valence-corrected chi connectivity index (χ3v) is 58.3. The van der Waals surface area contributed by atoms with Crippen molar-refractivity contribution >= 4 is 34.6 Å². The van der Waals surface area contributed by atoms with Crippen LogP contribution in [0.1, 0.15) is 142 Å². The van der Waals surface area contributed by atoms with E-state index in [1.807, 2.05) is 0 Å². The number of fused-ring (bicyclic) bond motifs is 2. The number of hydrogen-bond acceptors (Lipinski definition) is 0. The summed E-state index contributed by atoms with van der Waals surface area (Å²) in [6, 6.07) is 9.70. The third kappa shape index (κ3) is 4.52. The van der Waals surface area contributed by atoms with Crippen molar-refractivity contribution in [3.05, 3.63) is 79.9 Å². The Balaban J connectivity index is 1.56. The summed E-state index contributed by atoms with van der Waals surface area (Å²) in [7, 11) is 17.1. The average molecular weight is 671 g/mol. The Morgan fingerprint density at radius 2 is 0.975 bits per heavy atom. The van der Waals surface area contributed by atoms with Gasteiger partial charge in [-0.15, -0.1) is 0 Å². The maximum atomic E-state index is 8.55. The summed E-state index contributed by atoms with van der Waals surface area (Å²) < 4.78 is 0.397. The number of hydrogen-bond donors (Lipinski definition) is 0. The van der Waals surface area contributed by atoms with Gasteiger partial charge < -0.3 is 0 Å². The van der Waals surface area contributed by atoms with E-state index in [2.05, 4.69) is 77.2 Å². The Labute approximate surface area is 251 Å². The molecule has 2 aromatic carbocycles. The first-order valence-electron chi connectivity index (χ1n) is 16.0. The number of halogens is 2. The van der Waals surface area contributed by atoms with Gasteiger partial charge in [0.1, 0.15) is 0 Å². The summed E-state index contributed by atoms with van der Waals surface area (Å²) >= 11 is -4.66. The molecule has 0 saturated heterocycles. The Morgan fingerprint density at radius 1 is 0.600 bits per heavy atom. The molecule has 4 aliphatic carbocycles. The molecule has 2 atom stereocenters. The fourth-order valence-electron chi connectivity index (χ4n) is 9.34. The molecule has 0 nitrogen and oxygen atoms in total. The van der Waals surface area contributed by atoms with Gasteiger partial charge in [-0.2, -0.15) is 0 Å². The van der Waals surface area contributed by atoms with Gasteiger partial charge in [-0.05, 0) is 0 Å². The Hall–Kier alpha value is -0.400. The number of benzene rings is 2. The van der Waals surface area contributed by atoms with E-state index in [0.717, 1.165) is 0 Å². The second-order valence-corrected chi connectivity index (χ2v) is 52.8. The molecule has 2 fully saturated rings. The zero-order chi connectivity index (χ0) is 28.4. The molecule has 0 N–H and O–H groups in total. The van der Waals surface area contributed by atoms with Crippen LogP contribution in [0, 0.1) is 13.8 Å². The number of rotatable bonds is 4. The first-order chi connectivity index (χ1) is 19.0. The van der Waals surface area contributed by atoms with E-state index in [4.69, 9.17) is 17.0 Å². The number of allylic oxidation sites excluding steroid dienone is 2. The molecule has 6 rings (SSSR count). The molecule has 4 heteroatoms. The van der Waals surface area contributed by atoms with E-state index in [1.54, 1.807) is 11.1 Å². The topological polar surface area (TPSA) is 0 Å². The van der Waals surface area contributed by atoms with Crippen LogP contribution in [-0.4, -0.2) is 5.43 Å². The van der Waals surface area contributed by atoms with Gasteiger partial charge in [-0.25, -0.2) is 0 Å². The molecule has 0 amide bonds. The van der Waals surface area contributed by atoms with Gasteiger partial charge in [-0.1, -0.05) is 0 Å². The molecule has 0 spiro atoms. The van der Waals surface area contributed by atoms with Crippen molar-refractivity contribution in [2.75, 3.05) is 0 Å². The molecule has 0 aliphatic heterocycles. The van der Waals surface area contributed by atoms with Gasteiger partial charge >= 0.3 is 254 Å². The molecule has 0 radical (unpaired) electrons. The normalized spacial score (nSPS) is 24.0. The molecule has 2 saturated carbocycles. The standard InChI is InChI=1S/2C17H21.C2H6Si.2ClH.Zr/c2*1-12-10-16-13(2)8-9-15(17(16)11-12)14-6-4-3-5-7-14;1-3-2;;;/h2*8-11,14H,3-7H2,1-2H3;1-2H3;2*1H;/q;;;;;+2/p-2. The van der Waals surface area contributed by atoms with Crippen molar-refractivity contribution in [2.24, 2.45) is 0 Å². The monoisotopic (exact) mass is 668 g/mol. The average Bonchev–Trinajstić information content (AvgIpc) is 3.49. The van der Waals surface area contributed by atoms with Crippen molar-refractivity contribution in [2.45, 2.75) is 124 Å². The quantitative estimate of drug-likeness (QED) is 0.284. The van der Waals surface area contributed by atoms with Gasteiger partial charge in [0.2, 0.25) is 0 Å². The molecule has 40 heavy (non-hydrogen) atoms. The minimum absolute atomic E-state index is 0.198. The van der Waals surface area contributed by atoms with Gasteiger partial charge in [-0.3, -0.25) is 0 Å². The Morgan fingerprint density at radius 3 is 1.32 bits per heavy atom. The zero-order valence-electron chi connectivity index (χ0n) is 25.6. The fraction of sp³-hybridized carbons (Fsp3) is 0.556. The van der Waals surface area contributed by atoms with Crippen molar-refractivity contribution in [1.29, 1.82) is 0 Å². The third-order valence-electron chi connectivity index (χ3n) is 11.4. The predicted octanol–water partition coefficient (Wildman–Crippen LogP) is 12.3. The van der Waals surface area contributed by atoms with E-state index >= 15 is 0 Å². The summed E-state index contributed by atoms with van der Waals surface area (Å²) in [6.45, 7) is 14.3. The van der Waals surface area contributed by atoms with E-state index in [9.17, 15) is 0 Å². The number of aryl methyl sites for hydroxylation is 2. The second kappa shape index (κ2) is 10.9. The second-order valence-electron chi connectivity index (χ2n) is 14.1. The summed E-state index contributed by atoms with van der Waals surface area (Å²) in [5, 5.41) is 0. The molecular weight excluding hydrogens is 623 g/mol.